The Kier molecular flexibility index (Phi) is 4.90. The third-order valence-corrected chi connectivity index (χ3v) is 5.48. The fraction of sp³-hybridized carbons (Fsp3) is 0.556. The lowest BCUT2D eigenvalue weighted by atomic mass is 10.1. The highest BCUT2D eigenvalue weighted by atomic mass is 35.5. The van der Waals surface area contributed by atoms with Gasteiger partial charge in [0.05, 0.1) is 0 Å². The van der Waals surface area contributed by atoms with Crippen molar-refractivity contribution in [2.45, 2.75) is 45.1 Å². The van der Waals surface area contributed by atoms with Gasteiger partial charge < -0.3 is 10.2 Å². The highest BCUT2D eigenvalue weighted by Gasteiger charge is 2.35. The second kappa shape index (κ2) is 6.91. The van der Waals surface area contributed by atoms with Gasteiger partial charge in [0.15, 0.2) is 0 Å². The van der Waals surface area contributed by atoms with Crippen molar-refractivity contribution in [3.8, 4) is 0 Å². The Balaban J connectivity index is 1.55. The molecule has 0 bridgehead atoms. The van der Waals surface area contributed by atoms with Gasteiger partial charge >= 0.3 is 0 Å². The van der Waals surface area contributed by atoms with E-state index < -0.39 is 0 Å². The molecule has 1 aromatic carbocycles. The predicted octanol–water partition coefficient (Wildman–Crippen LogP) is 3.17. The molecule has 2 aliphatic rings. The molecular formula is C18H23ClN2O2. The van der Waals surface area contributed by atoms with Crippen LogP contribution in [0.3, 0.4) is 0 Å². The first-order valence-electron chi connectivity index (χ1n) is 8.39. The average molecular weight is 335 g/mol. The molecule has 23 heavy (non-hydrogen) atoms. The number of benzene rings is 1. The molecule has 1 saturated carbocycles. The minimum atomic E-state index is -0.114. The summed E-state index contributed by atoms with van der Waals surface area (Å²) in [6, 6.07) is 5.77. The summed E-state index contributed by atoms with van der Waals surface area (Å²) in [5.41, 5.74) is 1.40. The van der Waals surface area contributed by atoms with Crippen LogP contribution in [0.15, 0.2) is 18.2 Å². The molecule has 0 spiro atoms. The molecule has 1 heterocycles. The Labute approximate surface area is 142 Å². The molecule has 0 aromatic heterocycles. The zero-order valence-electron chi connectivity index (χ0n) is 13.5. The molecule has 0 radical (unpaired) electrons. The van der Waals surface area contributed by atoms with Gasteiger partial charge in [-0.15, -0.1) is 0 Å². The lowest BCUT2D eigenvalue weighted by Crippen LogP contribution is -2.36. The van der Waals surface area contributed by atoms with E-state index in [0.717, 1.165) is 24.9 Å². The van der Waals surface area contributed by atoms with E-state index in [-0.39, 0.29) is 17.7 Å². The second-order valence-corrected chi connectivity index (χ2v) is 7.08. The third kappa shape index (κ3) is 3.52. The van der Waals surface area contributed by atoms with Gasteiger partial charge in [0.2, 0.25) is 5.91 Å². The molecule has 1 saturated heterocycles. The van der Waals surface area contributed by atoms with E-state index in [0.29, 0.717) is 29.6 Å². The minimum Gasteiger partial charge on any atom is -0.352 e. The number of hydrogen-bond acceptors (Lipinski definition) is 2. The van der Waals surface area contributed by atoms with Gasteiger partial charge in [0.25, 0.3) is 5.91 Å². The molecule has 2 fully saturated rings. The Morgan fingerprint density at radius 1 is 1.35 bits per heavy atom. The number of carbonyl (C=O) groups excluding carboxylic acids is 2. The number of amides is 2. The maximum atomic E-state index is 12.3. The van der Waals surface area contributed by atoms with Crippen molar-refractivity contribution in [1.82, 2.24) is 10.2 Å². The van der Waals surface area contributed by atoms with Gasteiger partial charge in [0.1, 0.15) is 0 Å². The number of nitrogens with one attached hydrogen (secondary N) is 1. The summed E-state index contributed by atoms with van der Waals surface area (Å²) >= 11 is 6.06. The molecule has 1 aliphatic carbocycles. The molecule has 1 aromatic rings. The Hall–Kier alpha value is -1.55. The fourth-order valence-electron chi connectivity index (χ4n) is 3.70. The standard InChI is InChI=1S/C18H23ClN2O2/c1-12-15(7-4-8-16(12)19)18(23)20-10-13-9-17(22)21(11-13)14-5-2-3-6-14/h4,7-8,13-14H,2-3,5-6,9-11H2,1H3,(H,20,23). The Morgan fingerprint density at radius 2 is 2.09 bits per heavy atom. The van der Waals surface area contributed by atoms with Crippen LogP contribution in [0.5, 0.6) is 0 Å². The first-order chi connectivity index (χ1) is 11.1. The molecule has 1 unspecified atom stereocenters. The van der Waals surface area contributed by atoms with Crippen LogP contribution < -0.4 is 5.32 Å². The number of nitrogens with zero attached hydrogens (tertiary/aromatic N) is 1. The zero-order chi connectivity index (χ0) is 16.4. The smallest absolute Gasteiger partial charge is 0.251 e. The van der Waals surface area contributed by atoms with E-state index in [1.54, 1.807) is 18.2 Å². The Bertz CT molecular complexity index is 611. The highest BCUT2D eigenvalue weighted by molar-refractivity contribution is 6.31. The Morgan fingerprint density at radius 3 is 2.83 bits per heavy atom. The van der Waals surface area contributed by atoms with E-state index in [1.165, 1.54) is 12.8 Å². The van der Waals surface area contributed by atoms with Gasteiger partial charge in [-0.05, 0) is 37.5 Å². The topological polar surface area (TPSA) is 49.4 Å². The second-order valence-electron chi connectivity index (χ2n) is 6.68. The third-order valence-electron chi connectivity index (χ3n) is 5.07. The number of rotatable bonds is 4. The van der Waals surface area contributed by atoms with Gasteiger partial charge in [0, 0.05) is 42.1 Å². The predicted molar refractivity (Wildman–Crippen MR) is 90.6 cm³/mol. The molecule has 5 heteroatoms. The minimum absolute atomic E-state index is 0.114. The van der Waals surface area contributed by atoms with E-state index in [9.17, 15) is 9.59 Å². The quantitative estimate of drug-likeness (QED) is 0.919. The molecule has 3 rings (SSSR count). The van der Waals surface area contributed by atoms with Crippen molar-refractivity contribution in [3.05, 3.63) is 34.3 Å². The van der Waals surface area contributed by atoms with Gasteiger partial charge in [-0.1, -0.05) is 30.5 Å². The number of halogens is 1. The molecule has 2 amide bonds. The monoisotopic (exact) mass is 334 g/mol. The highest BCUT2D eigenvalue weighted by Crippen LogP contribution is 2.29. The summed E-state index contributed by atoms with van der Waals surface area (Å²) in [5, 5.41) is 3.56. The van der Waals surface area contributed by atoms with Crippen LogP contribution >= 0.6 is 11.6 Å². The van der Waals surface area contributed by atoms with Gasteiger partial charge in [-0.3, -0.25) is 9.59 Å². The molecule has 4 nitrogen and oxygen atoms in total. The summed E-state index contributed by atoms with van der Waals surface area (Å²) < 4.78 is 0. The van der Waals surface area contributed by atoms with Crippen LogP contribution in [-0.2, 0) is 4.79 Å². The SMILES string of the molecule is Cc1c(Cl)cccc1C(=O)NCC1CC(=O)N(C2CCCC2)C1. The number of hydrogen-bond donors (Lipinski definition) is 1. The number of carbonyl (C=O) groups is 2. The first kappa shape index (κ1) is 16.3. The molecule has 1 N–H and O–H groups in total. The van der Waals surface area contributed by atoms with Crippen molar-refractivity contribution in [3.63, 3.8) is 0 Å². The summed E-state index contributed by atoms with van der Waals surface area (Å²) in [5.74, 6) is 0.346. The van der Waals surface area contributed by atoms with Crippen molar-refractivity contribution >= 4 is 23.4 Å². The normalized spacial score (nSPS) is 21.9. The number of likely N-dealkylation sites (tertiary alicyclic amines) is 1. The maximum absolute atomic E-state index is 12.3. The van der Waals surface area contributed by atoms with Crippen LogP contribution in [0.25, 0.3) is 0 Å². The first-order valence-corrected chi connectivity index (χ1v) is 8.77. The molecule has 124 valence electrons. The summed E-state index contributed by atoms with van der Waals surface area (Å²) in [6.07, 6.45) is 5.26. The van der Waals surface area contributed by atoms with Crippen molar-refractivity contribution in [2.75, 3.05) is 13.1 Å². The van der Waals surface area contributed by atoms with Gasteiger partial charge in [-0.25, -0.2) is 0 Å². The summed E-state index contributed by atoms with van der Waals surface area (Å²) in [4.78, 5) is 26.5. The summed E-state index contributed by atoms with van der Waals surface area (Å²) in [7, 11) is 0. The van der Waals surface area contributed by atoms with Crippen LogP contribution in [0, 0.1) is 12.8 Å². The summed E-state index contributed by atoms with van der Waals surface area (Å²) in [6.45, 7) is 3.16. The van der Waals surface area contributed by atoms with E-state index in [2.05, 4.69) is 5.32 Å². The molecule has 1 aliphatic heterocycles. The molecular weight excluding hydrogens is 312 g/mol. The zero-order valence-corrected chi connectivity index (χ0v) is 14.2. The average Bonchev–Trinajstić information content (AvgIpc) is 3.17. The lowest BCUT2D eigenvalue weighted by Gasteiger charge is -2.24. The molecule has 1 atom stereocenters. The van der Waals surface area contributed by atoms with Crippen LogP contribution in [0.1, 0.15) is 48.0 Å². The van der Waals surface area contributed by atoms with Crippen molar-refractivity contribution in [1.29, 1.82) is 0 Å². The van der Waals surface area contributed by atoms with Crippen LogP contribution in [0.4, 0.5) is 0 Å². The maximum Gasteiger partial charge on any atom is 0.251 e. The van der Waals surface area contributed by atoms with Crippen molar-refractivity contribution in [2.24, 2.45) is 5.92 Å². The van der Waals surface area contributed by atoms with E-state index in [1.807, 2.05) is 11.8 Å². The van der Waals surface area contributed by atoms with Gasteiger partial charge in [-0.2, -0.15) is 0 Å². The largest absolute Gasteiger partial charge is 0.352 e. The van der Waals surface area contributed by atoms with E-state index >= 15 is 0 Å². The van der Waals surface area contributed by atoms with Crippen molar-refractivity contribution < 1.29 is 9.59 Å². The fourth-order valence-corrected chi connectivity index (χ4v) is 3.87. The van der Waals surface area contributed by atoms with Crippen LogP contribution in [0.2, 0.25) is 5.02 Å². The van der Waals surface area contributed by atoms with Crippen LogP contribution in [-0.4, -0.2) is 35.8 Å². The van der Waals surface area contributed by atoms with E-state index in [4.69, 9.17) is 11.6 Å². The lowest BCUT2D eigenvalue weighted by molar-refractivity contribution is -0.129.